The van der Waals surface area contributed by atoms with Crippen LogP contribution >= 0.6 is 12.4 Å². The molecule has 4 heteroatoms. The lowest BCUT2D eigenvalue weighted by Crippen LogP contribution is -2.41. The summed E-state index contributed by atoms with van der Waals surface area (Å²) in [6.45, 7) is 0. The highest BCUT2D eigenvalue weighted by molar-refractivity contribution is 5.85. The number of hydrogen-bond acceptors (Lipinski definition) is 2. The van der Waals surface area contributed by atoms with Gasteiger partial charge in [-0.2, -0.15) is 0 Å². The largest absolute Gasteiger partial charge is 0.353 e. The van der Waals surface area contributed by atoms with E-state index in [-0.39, 0.29) is 12.4 Å². The Hall–Kier alpha value is -0.280. The van der Waals surface area contributed by atoms with Gasteiger partial charge in [-0.1, -0.05) is 25.7 Å². The van der Waals surface area contributed by atoms with E-state index in [1.54, 1.807) is 0 Å². The summed E-state index contributed by atoms with van der Waals surface area (Å²) in [5.41, 5.74) is 0. The van der Waals surface area contributed by atoms with Crippen LogP contribution in [0.1, 0.15) is 70.6 Å². The van der Waals surface area contributed by atoms with Gasteiger partial charge in [-0.15, -0.1) is 12.4 Å². The quantitative estimate of drug-likeness (QED) is 0.786. The number of amides is 1. The number of fused-ring (bicyclic) bond motifs is 2. The number of rotatable bonds is 3. The van der Waals surface area contributed by atoms with Crippen LogP contribution in [0.3, 0.4) is 0 Å². The van der Waals surface area contributed by atoms with Crippen molar-refractivity contribution < 1.29 is 4.79 Å². The number of carbonyl (C=O) groups is 1. The molecule has 2 N–H and O–H groups in total. The smallest absolute Gasteiger partial charge is 0.220 e. The third-order valence-electron chi connectivity index (χ3n) is 5.27. The van der Waals surface area contributed by atoms with Crippen molar-refractivity contribution in [2.45, 2.75) is 88.8 Å². The molecule has 3 fully saturated rings. The molecule has 2 aliphatic heterocycles. The summed E-state index contributed by atoms with van der Waals surface area (Å²) in [5, 5.41) is 6.95. The summed E-state index contributed by atoms with van der Waals surface area (Å²) in [4.78, 5) is 12.2. The average Bonchev–Trinajstić information content (AvgIpc) is 2.60. The molecule has 116 valence electrons. The van der Waals surface area contributed by atoms with Gasteiger partial charge in [0.25, 0.3) is 0 Å². The Balaban J connectivity index is 0.00000147. The van der Waals surface area contributed by atoms with Crippen molar-refractivity contribution >= 4 is 18.3 Å². The van der Waals surface area contributed by atoms with E-state index in [1.807, 2.05) is 0 Å². The van der Waals surface area contributed by atoms with Crippen molar-refractivity contribution in [2.75, 3.05) is 0 Å². The standard InChI is InChI=1S/C16H28N2O.ClH/c19-16(18-13-5-3-1-2-4-6-13)11-12-9-14-7-8-15(10-12)17-14;/h12-15,17H,1-11H2,(H,18,19);1H. The van der Waals surface area contributed by atoms with Crippen LogP contribution in [0.2, 0.25) is 0 Å². The summed E-state index contributed by atoms with van der Waals surface area (Å²) in [7, 11) is 0. The third kappa shape index (κ3) is 4.36. The van der Waals surface area contributed by atoms with Crippen molar-refractivity contribution in [3.8, 4) is 0 Å². The summed E-state index contributed by atoms with van der Waals surface area (Å²) in [6, 6.07) is 1.87. The summed E-state index contributed by atoms with van der Waals surface area (Å²) >= 11 is 0. The molecule has 1 saturated carbocycles. The van der Waals surface area contributed by atoms with E-state index >= 15 is 0 Å². The maximum absolute atomic E-state index is 12.2. The fourth-order valence-corrected chi connectivity index (χ4v) is 4.31. The first kappa shape index (κ1) is 16.1. The van der Waals surface area contributed by atoms with Gasteiger partial charge in [0.2, 0.25) is 5.91 Å². The molecule has 2 heterocycles. The fourth-order valence-electron chi connectivity index (χ4n) is 4.31. The second-order valence-corrected chi connectivity index (χ2v) is 6.94. The van der Waals surface area contributed by atoms with E-state index in [2.05, 4.69) is 10.6 Å². The first-order valence-electron chi connectivity index (χ1n) is 8.35. The lowest BCUT2D eigenvalue weighted by molar-refractivity contribution is -0.123. The topological polar surface area (TPSA) is 41.1 Å². The van der Waals surface area contributed by atoms with Gasteiger partial charge >= 0.3 is 0 Å². The van der Waals surface area contributed by atoms with E-state index in [1.165, 1.54) is 64.2 Å². The molecule has 2 unspecified atom stereocenters. The van der Waals surface area contributed by atoms with Crippen molar-refractivity contribution in [3.63, 3.8) is 0 Å². The third-order valence-corrected chi connectivity index (χ3v) is 5.27. The molecule has 0 aromatic heterocycles. The van der Waals surface area contributed by atoms with E-state index in [0.29, 0.717) is 30.0 Å². The molecule has 0 spiro atoms. The zero-order valence-corrected chi connectivity index (χ0v) is 13.2. The van der Waals surface area contributed by atoms with Gasteiger partial charge in [0.05, 0.1) is 0 Å². The molecule has 1 aliphatic carbocycles. The zero-order chi connectivity index (χ0) is 13.1. The van der Waals surface area contributed by atoms with E-state index in [9.17, 15) is 4.79 Å². The van der Waals surface area contributed by atoms with E-state index in [0.717, 1.165) is 6.42 Å². The first-order valence-corrected chi connectivity index (χ1v) is 8.35. The predicted molar refractivity (Wildman–Crippen MR) is 84.2 cm³/mol. The highest BCUT2D eigenvalue weighted by Crippen LogP contribution is 2.32. The van der Waals surface area contributed by atoms with Gasteiger partial charge in [-0.25, -0.2) is 0 Å². The maximum Gasteiger partial charge on any atom is 0.220 e. The van der Waals surface area contributed by atoms with Crippen LogP contribution in [-0.2, 0) is 4.79 Å². The number of piperidine rings is 1. The van der Waals surface area contributed by atoms with Crippen molar-refractivity contribution in [3.05, 3.63) is 0 Å². The van der Waals surface area contributed by atoms with Crippen LogP contribution in [0.25, 0.3) is 0 Å². The molecule has 3 nitrogen and oxygen atoms in total. The minimum absolute atomic E-state index is 0. The monoisotopic (exact) mass is 300 g/mol. The molecule has 2 saturated heterocycles. The molecule has 2 atom stereocenters. The summed E-state index contributed by atoms with van der Waals surface area (Å²) in [5.74, 6) is 0.947. The second kappa shape index (κ2) is 7.65. The molecule has 2 bridgehead atoms. The van der Waals surface area contributed by atoms with Crippen LogP contribution in [0.4, 0.5) is 0 Å². The van der Waals surface area contributed by atoms with Gasteiger partial charge < -0.3 is 10.6 Å². The molecule has 1 amide bonds. The molecule has 3 aliphatic rings. The molecule has 0 aromatic carbocycles. The van der Waals surface area contributed by atoms with Gasteiger partial charge in [0.1, 0.15) is 0 Å². The Morgan fingerprint density at radius 1 is 0.950 bits per heavy atom. The number of nitrogens with one attached hydrogen (secondary N) is 2. The SMILES string of the molecule is Cl.O=C(CC1CC2CCC(C1)N2)NC1CCCCCC1. The molecular weight excluding hydrogens is 272 g/mol. The van der Waals surface area contributed by atoms with Crippen LogP contribution < -0.4 is 10.6 Å². The van der Waals surface area contributed by atoms with Crippen molar-refractivity contribution in [1.82, 2.24) is 10.6 Å². The Morgan fingerprint density at radius 2 is 1.55 bits per heavy atom. The van der Waals surface area contributed by atoms with Crippen molar-refractivity contribution in [1.29, 1.82) is 0 Å². The zero-order valence-electron chi connectivity index (χ0n) is 12.4. The van der Waals surface area contributed by atoms with Gasteiger partial charge in [-0.05, 0) is 44.4 Å². The summed E-state index contributed by atoms with van der Waals surface area (Å²) in [6.07, 6.45) is 13.5. The molecule has 3 rings (SSSR count). The Morgan fingerprint density at radius 3 is 2.15 bits per heavy atom. The van der Waals surface area contributed by atoms with Gasteiger partial charge in [-0.3, -0.25) is 4.79 Å². The molecule has 20 heavy (non-hydrogen) atoms. The predicted octanol–water partition coefficient (Wildman–Crippen LogP) is 3.17. The highest BCUT2D eigenvalue weighted by Gasteiger charge is 2.34. The minimum Gasteiger partial charge on any atom is -0.353 e. The fraction of sp³-hybridized carbons (Fsp3) is 0.938. The second-order valence-electron chi connectivity index (χ2n) is 6.94. The molecular formula is C16H29ClN2O. The minimum atomic E-state index is 0. The normalized spacial score (nSPS) is 34.1. The maximum atomic E-state index is 12.2. The molecule has 0 radical (unpaired) electrons. The van der Waals surface area contributed by atoms with E-state index in [4.69, 9.17) is 0 Å². The Bertz CT molecular complexity index is 304. The molecule has 0 aromatic rings. The number of halogens is 1. The number of hydrogen-bond donors (Lipinski definition) is 2. The van der Waals surface area contributed by atoms with Crippen LogP contribution in [0, 0.1) is 5.92 Å². The van der Waals surface area contributed by atoms with Gasteiger partial charge in [0, 0.05) is 24.5 Å². The summed E-state index contributed by atoms with van der Waals surface area (Å²) < 4.78 is 0. The lowest BCUT2D eigenvalue weighted by Gasteiger charge is -2.29. The number of carbonyl (C=O) groups excluding carboxylic acids is 1. The highest BCUT2D eigenvalue weighted by atomic mass is 35.5. The Labute approximate surface area is 129 Å². The van der Waals surface area contributed by atoms with Crippen molar-refractivity contribution in [2.24, 2.45) is 5.92 Å². The van der Waals surface area contributed by atoms with Crippen LogP contribution in [0.5, 0.6) is 0 Å². The van der Waals surface area contributed by atoms with Gasteiger partial charge in [0.15, 0.2) is 0 Å². The first-order chi connectivity index (χ1) is 9.29. The van der Waals surface area contributed by atoms with Crippen LogP contribution in [0.15, 0.2) is 0 Å². The van der Waals surface area contributed by atoms with E-state index < -0.39 is 0 Å². The lowest BCUT2D eigenvalue weighted by atomic mass is 9.89. The van der Waals surface area contributed by atoms with Crippen LogP contribution in [-0.4, -0.2) is 24.0 Å². The Kier molecular flexibility index (Phi) is 6.16. The average molecular weight is 301 g/mol.